The summed E-state index contributed by atoms with van der Waals surface area (Å²) in [6.45, 7) is 10.1. The third kappa shape index (κ3) is 24.7. The van der Waals surface area contributed by atoms with Crippen molar-refractivity contribution in [3.8, 4) is 0 Å². The molecule has 92 valence electrons. The van der Waals surface area contributed by atoms with Gasteiger partial charge >= 0.3 is 0 Å². The molecule has 0 aliphatic heterocycles. The molecular formula is C12H26O3. The summed E-state index contributed by atoms with van der Waals surface area (Å²) in [5.41, 5.74) is 0. The summed E-state index contributed by atoms with van der Waals surface area (Å²) in [6.07, 6.45) is 2.28. The zero-order valence-electron chi connectivity index (χ0n) is 10.7. The number of Topliss-reactive ketones (excluding diaryl/α,β-unsaturated/α-hetero) is 1. The smallest absolute Gasteiger partial charge is 0.151 e. The lowest BCUT2D eigenvalue weighted by molar-refractivity contribution is -0.117. The number of ether oxygens (including phenoxy) is 1. The van der Waals surface area contributed by atoms with Crippen molar-refractivity contribution in [2.45, 2.75) is 60.2 Å². The fourth-order valence-corrected chi connectivity index (χ4v) is 0.973. The highest BCUT2D eigenvalue weighted by molar-refractivity contribution is 5.75. The van der Waals surface area contributed by atoms with Crippen LogP contribution in [0.3, 0.4) is 0 Å². The average Bonchev–Trinajstić information content (AvgIpc) is 2.02. The maximum atomic E-state index is 10.3. The van der Waals surface area contributed by atoms with Gasteiger partial charge in [0.05, 0.1) is 0 Å². The maximum absolute atomic E-state index is 10.3. The van der Waals surface area contributed by atoms with Crippen molar-refractivity contribution in [2.75, 3.05) is 6.61 Å². The molecule has 0 fully saturated rings. The lowest BCUT2D eigenvalue weighted by atomic mass is 10.1. The standard InChI is InChI=1S/C6H14O2.C6H12O/c1-3-4-5-8-6(2)7;1-5(2)4-6(3)7/h6-7H,3-5H2,1-2H3;5H,4H2,1-3H3. The van der Waals surface area contributed by atoms with E-state index in [1.165, 1.54) is 0 Å². The molecule has 3 nitrogen and oxygen atoms in total. The summed E-state index contributed by atoms with van der Waals surface area (Å²) in [5.74, 6) is 0.813. The normalized spacial score (nSPS) is 11.9. The van der Waals surface area contributed by atoms with Gasteiger partial charge in [-0.15, -0.1) is 0 Å². The molecule has 0 rings (SSSR count). The van der Waals surface area contributed by atoms with Gasteiger partial charge in [-0.25, -0.2) is 0 Å². The molecule has 0 saturated heterocycles. The van der Waals surface area contributed by atoms with Gasteiger partial charge in [-0.05, 0) is 26.2 Å². The number of rotatable bonds is 6. The molecule has 1 atom stereocenters. The topological polar surface area (TPSA) is 46.5 Å². The molecular weight excluding hydrogens is 192 g/mol. The molecule has 0 aromatic rings. The van der Waals surface area contributed by atoms with Crippen molar-refractivity contribution >= 4 is 5.78 Å². The van der Waals surface area contributed by atoms with Crippen LogP contribution in [0.2, 0.25) is 0 Å². The van der Waals surface area contributed by atoms with Crippen LogP contribution in [-0.2, 0) is 9.53 Å². The summed E-state index contributed by atoms with van der Waals surface area (Å²) in [6, 6.07) is 0. The minimum atomic E-state index is -0.596. The van der Waals surface area contributed by atoms with Crippen LogP contribution in [0.5, 0.6) is 0 Å². The number of carbonyl (C=O) groups excluding carboxylic acids is 1. The van der Waals surface area contributed by atoms with Gasteiger partial charge in [0, 0.05) is 13.0 Å². The first-order chi connectivity index (χ1) is 6.90. The van der Waals surface area contributed by atoms with Gasteiger partial charge in [0.15, 0.2) is 6.29 Å². The molecule has 0 spiro atoms. The van der Waals surface area contributed by atoms with E-state index >= 15 is 0 Å². The molecule has 0 aliphatic rings. The summed E-state index contributed by atoms with van der Waals surface area (Å²) < 4.78 is 4.84. The Morgan fingerprint density at radius 2 is 1.87 bits per heavy atom. The SMILES string of the molecule is CC(=O)CC(C)C.CCCCOC(C)O. The van der Waals surface area contributed by atoms with Crippen LogP contribution in [0.4, 0.5) is 0 Å². The minimum absolute atomic E-state index is 0.287. The van der Waals surface area contributed by atoms with Crippen molar-refractivity contribution in [3.05, 3.63) is 0 Å². The number of hydrogen-bond donors (Lipinski definition) is 1. The first-order valence-corrected chi connectivity index (χ1v) is 5.69. The lowest BCUT2D eigenvalue weighted by Crippen LogP contribution is -2.06. The molecule has 0 aromatic heterocycles. The molecule has 1 N–H and O–H groups in total. The second-order valence-electron chi connectivity index (χ2n) is 4.12. The predicted molar refractivity (Wildman–Crippen MR) is 62.7 cm³/mol. The van der Waals surface area contributed by atoms with Gasteiger partial charge in [0.25, 0.3) is 0 Å². The highest BCUT2D eigenvalue weighted by atomic mass is 16.6. The van der Waals surface area contributed by atoms with Crippen molar-refractivity contribution < 1.29 is 14.6 Å². The van der Waals surface area contributed by atoms with E-state index in [9.17, 15) is 4.79 Å². The molecule has 0 saturated carbocycles. The number of carbonyl (C=O) groups is 1. The molecule has 1 unspecified atom stereocenters. The van der Waals surface area contributed by atoms with E-state index in [2.05, 4.69) is 6.92 Å². The summed E-state index contributed by atoms with van der Waals surface area (Å²) in [7, 11) is 0. The average molecular weight is 218 g/mol. The number of ketones is 1. The van der Waals surface area contributed by atoms with E-state index in [0.717, 1.165) is 19.3 Å². The Balaban J connectivity index is 0. The first kappa shape index (κ1) is 17.0. The zero-order valence-corrected chi connectivity index (χ0v) is 10.7. The Kier molecular flexibility index (Phi) is 13.2. The van der Waals surface area contributed by atoms with E-state index in [1.54, 1.807) is 13.8 Å². The van der Waals surface area contributed by atoms with Crippen molar-refractivity contribution in [2.24, 2.45) is 5.92 Å². The molecule has 0 aromatic carbocycles. The lowest BCUT2D eigenvalue weighted by Gasteiger charge is -2.03. The molecule has 0 bridgehead atoms. The molecule has 0 heterocycles. The zero-order chi connectivity index (χ0) is 12.3. The van der Waals surface area contributed by atoms with E-state index in [0.29, 0.717) is 12.5 Å². The molecule has 0 amide bonds. The second-order valence-corrected chi connectivity index (χ2v) is 4.12. The fourth-order valence-electron chi connectivity index (χ4n) is 0.973. The highest BCUT2D eigenvalue weighted by Gasteiger charge is 1.95. The van der Waals surface area contributed by atoms with Gasteiger partial charge in [-0.3, -0.25) is 0 Å². The summed E-state index contributed by atoms with van der Waals surface area (Å²) in [4.78, 5) is 10.3. The van der Waals surface area contributed by atoms with Gasteiger partial charge in [-0.2, -0.15) is 0 Å². The Hall–Kier alpha value is -0.410. The first-order valence-electron chi connectivity index (χ1n) is 5.69. The number of unbranched alkanes of at least 4 members (excludes halogenated alkanes) is 1. The van der Waals surface area contributed by atoms with Gasteiger partial charge in [0.2, 0.25) is 0 Å². The van der Waals surface area contributed by atoms with Crippen molar-refractivity contribution in [3.63, 3.8) is 0 Å². The molecule has 15 heavy (non-hydrogen) atoms. The van der Waals surface area contributed by atoms with Gasteiger partial charge < -0.3 is 14.6 Å². The Morgan fingerprint density at radius 3 is 2.07 bits per heavy atom. The van der Waals surface area contributed by atoms with Crippen LogP contribution in [0.1, 0.15) is 53.9 Å². The summed E-state index contributed by atoms with van der Waals surface area (Å²) in [5, 5.41) is 8.56. The van der Waals surface area contributed by atoms with E-state index in [1.807, 2.05) is 13.8 Å². The van der Waals surface area contributed by atoms with Crippen molar-refractivity contribution in [1.82, 2.24) is 0 Å². The van der Waals surface area contributed by atoms with Crippen LogP contribution < -0.4 is 0 Å². The Labute approximate surface area is 93.8 Å². The second kappa shape index (κ2) is 11.7. The molecule has 3 heteroatoms. The van der Waals surface area contributed by atoms with E-state index in [4.69, 9.17) is 9.84 Å². The maximum Gasteiger partial charge on any atom is 0.151 e. The Morgan fingerprint density at radius 1 is 1.33 bits per heavy atom. The predicted octanol–water partition coefficient (Wildman–Crippen LogP) is 2.76. The quantitative estimate of drug-likeness (QED) is 0.551. The third-order valence-corrected chi connectivity index (χ3v) is 1.55. The molecule has 0 radical (unpaired) electrons. The largest absolute Gasteiger partial charge is 0.368 e. The molecule has 0 aliphatic carbocycles. The van der Waals surface area contributed by atoms with Crippen LogP contribution >= 0.6 is 0 Å². The monoisotopic (exact) mass is 218 g/mol. The fraction of sp³-hybridized carbons (Fsp3) is 0.917. The van der Waals surface area contributed by atoms with Gasteiger partial charge in [0.1, 0.15) is 5.78 Å². The number of aliphatic hydroxyl groups is 1. The third-order valence-electron chi connectivity index (χ3n) is 1.55. The van der Waals surface area contributed by atoms with Crippen LogP contribution in [0.25, 0.3) is 0 Å². The number of hydrogen-bond acceptors (Lipinski definition) is 3. The minimum Gasteiger partial charge on any atom is -0.368 e. The highest BCUT2D eigenvalue weighted by Crippen LogP contribution is 1.97. The summed E-state index contributed by atoms with van der Waals surface area (Å²) >= 11 is 0. The van der Waals surface area contributed by atoms with E-state index in [-0.39, 0.29) is 5.78 Å². The Bertz CT molecular complexity index is 142. The van der Waals surface area contributed by atoms with Gasteiger partial charge in [-0.1, -0.05) is 27.2 Å². The van der Waals surface area contributed by atoms with Crippen LogP contribution in [0, 0.1) is 5.92 Å². The van der Waals surface area contributed by atoms with Crippen molar-refractivity contribution in [1.29, 1.82) is 0 Å². The van der Waals surface area contributed by atoms with E-state index < -0.39 is 6.29 Å². The number of aliphatic hydroxyl groups excluding tert-OH is 1. The van der Waals surface area contributed by atoms with Crippen LogP contribution in [-0.4, -0.2) is 23.8 Å². The van der Waals surface area contributed by atoms with Crippen LogP contribution in [0.15, 0.2) is 0 Å².